The van der Waals surface area contributed by atoms with Crippen molar-refractivity contribution in [3.63, 3.8) is 0 Å². The van der Waals surface area contributed by atoms with Gasteiger partial charge in [-0.1, -0.05) is 11.8 Å². The lowest BCUT2D eigenvalue weighted by atomic mass is 10.3. The van der Waals surface area contributed by atoms with E-state index in [1.54, 1.807) is 0 Å². The van der Waals surface area contributed by atoms with E-state index < -0.39 is 23.1 Å². The molecule has 0 aromatic carbocycles. The van der Waals surface area contributed by atoms with Gasteiger partial charge in [-0.2, -0.15) is 0 Å². The molecule has 0 atom stereocenters. The van der Waals surface area contributed by atoms with Gasteiger partial charge in [0.25, 0.3) is 6.43 Å². The summed E-state index contributed by atoms with van der Waals surface area (Å²) in [5.74, 6) is 4.91. The standard InChI is InChI=1S/C12H14F2N2O4S/c13-12(14)9-20-5-3-16-21(18,19)11-6-10(2-1-4-17)7-15-8-11/h6-8,12,16-17H,3-5,9H2. The first-order valence-electron chi connectivity index (χ1n) is 5.86. The van der Waals surface area contributed by atoms with E-state index in [4.69, 9.17) is 5.11 Å². The zero-order valence-electron chi connectivity index (χ0n) is 10.9. The molecule has 0 fully saturated rings. The summed E-state index contributed by atoms with van der Waals surface area (Å²) in [6.45, 7) is -1.39. The molecular weight excluding hydrogens is 306 g/mol. The quantitative estimate of drug-likeness (QED) is 0.545. The third-order valence-corrected chi connectivity index (χ3v) is 3.55. The van der Waals surface area contributed by atoms with Gasteiger partial charge in [0.05, 0.1) is 6.61 Å². The zero-order chi connectivity index (χ0) is 15.7. The Kier molecular flexibility index (Phi) is 7.18. The molecule has 6 nitrogen and oxygen atoms in total. The third kappa shape index (κ3) is 6.59. The van der Waals surface area contributed by atoms with Gasteiger partial charge in [-0.15, -0.1) is 0 Å². The summed E-state index contributed by atoms with van der Waals surface area (Å²) >= 11 is 0. The second-order valence-corrected chi connectivity index (χ2v) is 5.50. The topological polar surface area (TPSA) is 88.5 Å². The van der Waals surface area contributed by atoms with Gasteiger partial charge >= 0.3 is 0 Å². The van der Waals surface area contributed by atoms with Crippen LogP contribution in [0.2, 0.25) is 0 Å². The maximum atomic E-state index is 11.9. The van der Waals surface area contributed by atoms with Crippen molar-refractivity contribution in [3.05, 3.63) is 24.0 Å². The molecule has 2 N–H and O–H groups in total. The summed E-state index contributed by atoms with van der Waals surface area (Å²) in [4.78, 5) is 3.63. The van der Waals surface area contributed by atoms with E-state index in [1.165, 1.54) is 12.3 Å². The van der Waals surface area contributed by atoms with Gasteiger partial charge in [0.2, 0.25) is 10.0 Å². The Bertz CT molecular complexity index is 611. The lowest BCUT2D eigenvalue weighted by Gasteiger charge is -2.07. The largest absolute Gasteiger partial charge is 0.384 e. The van der Waals surface area contributed by atoms with Crippen LogP contribution in [-0.2, 0) is 14.8 Å². The van der Waals surface area contributed by atoms with Gasteiger partial charge in [-0.05, 0) is 6.07 Å². The lowest BCUT2D eigenvalue weighted by molar-refractivity contribution is 0.0199. The number of aliphatic hydroxyl groups is 1. The molecule has 0 bridgehead atoms. The first-order chi connectivity index (χ1) is 9.95. The van der Waals surface area contributed by atoms with Crippen LogP contribution >= 0.6 is 0 Å². The SMILES string of the molecule is O=S(=O)(NCCOCC(F)F)c1cncc(C#CCO)c1. The number of hydrogen-bond donors (Lipinski definition) is 2. The normalized spacial score (nSPS) is 11.2. The molecule has 0 spiro atoms. The van der Waals surface area contributed by atoms with E-state index in [1.807, 2.05) is 0 Å². The van der Waals surface area contributed by atoms with Crippen molar-refractivity contribution in [2.24, 2.45) is 0 Å². The van der Waals surface area contributed by atoms with Crippen LogP contribution in [0.4, 0.5) is 8.78 Å². The number of nitrogens with zero attached hydrogens (tertiary/aromatic N) is 1. The number of ether oxygens (including phenoxy) is 1. The van der Waals surface area contributed by atoms with Crippen LogP contribution in [0.1, 0.15) is 5.56 Å². The van der Waals surface area contributed by atoms with Crippen LogP contribution in [-0.4, -0.2) is 51.3 Å². The van der Waals surface area contributed by atoms with E-state index in [-0.39, 0.29) is 24.7 Å². The molecule has 1 aromatic heterocycles. The first-order valence-corrected chi connectivity index (χ1v) is 7.34. The molecule has 0 aliphatic carbocycles. The van der Waals surface area contributed by atoms with Gasteiger partial charge < -0.3 is 9.84 Å². The zero-order valence-corrected chi connectivity index (χ0v) is 11.7. The van der Waals surface area contributed by atoms with Gasteiger partial charge in [-0.25, -0.2) is 21.9 Å². The Morgan fingerprint density at radius 1 is 1.43 bits per heavy atom. The van der Waals surface area contributed by atoms with Crippen molar-refractivity contribution in [1.82, 2.24) is 9.71 Å². The molecule has 21 heavy (non-hydrogen) atoms. The number of hydrogen-bond acceptors (Lipinski definition) is 5. The number of halogens is 2. The van der Waals surface area contributed by atoms with Crippen LogP contribution in [0.3, 0.4) is 0 Å². The lowest BCUT2D eigenvalue weighted by Crippen LogP contribution is -2.28. The Hall–Kier alpha value is -1.60. The number of aliphatic hydroxyl groups excluding tert-OH is 1. The molecule has 0 unspecified atom stereocenters. The second kappa shape index (κ2) is 8.63. The molecule has 0 aliphatic heterocycles. The Morgan fingerprint density at radius 2 is 2.19 bits per heavy atom. The average Bonchev–Trinajstić information content (AvgIpc) is 2.44. The number of nitrogens with one attached hydrogen (secondary N) is 1. The smallest absolute Gasteiger partial charge is 0.261 e. The monoisotopic (exact) mass is 320 g/mol. The van der Waals surface area contributed by atoms with Gasteiger partial charge in [0.1, 0.15) is 18.1 Å². The maximum Gasteiger partial charge on any atom is 0.261 e. The third-order valence-electron chi connectivity index (χ3n) is 2.12. The highest BCUT2D eigenvalue weighted by atomic mass is 32.2. The van der Waals surface area contributed by atoms with Crippen LogP contribution < -0.4 is 4.72 Å². The summed E-state index contributed by atoms with van der Waals surface area (Å²) in [5.41, 5.74) is 0.334. The molecule has 0 aliphatic rings. The van der Waals surface area contributed by atoms with Crippen molar-refractivity contribution < 1.29 is 27.0 Å². The Morgan fingerprint density at radius 3 is 2.86 bits per heavy atom. The maximum absolute atomic E-state index is 11.9. The minimum absolute atomic E-state index is 0.110. The Balaban J connectivity index is 2.61. The summed E-state index contributed by atoms with van der Waals surface area (Å²) in [5, 5.41) is 8.57. The highest BCUT2D eigenvalue weighted by Crippen LogP contribution is 2.08. The van der Waals surface area contributed by atoms with Gasteiger partial charge in [-0.3, -0.25) is 4.98 Å². The van der Waals surface area contributed by atoms with E-state index in [9.17, 15) is 17.2 Å². The predicted molar refractivity (Wildman–Crippen MR) is 70.2 cm³/mol. The van der Waals surface area contributed by atoms with Gasteiger partial charge in [0, 0.05) is 24.5 Å². The fourth-order valence-corrected chi connectivity index (χ4v) is 2.28. The van der Waals surface area contributed by atoms with Crippen LogP contribution in [0, 0.1) is 11.8 Å². The minimum atomic E-state index is -3.82. The highest BCUT2D eigenvalue weighted by Gasteiger charge is 2.14. The van der Waals surface area contributed by atoms with Crippen LogP contribution in [0.15, 0.2) is 23.4 Å². The summed E-state index contributed by atoms with van der Waals surface area (Å²) in [6.07, 6.45) is -0.104. The molecule has 116 valence electrons. The number of alkyl halides is 2. The van der Waals surface area contributed by atoms with Crippen molar-refractivity contribution in [2.45, 2.75) is 11.3 Å². The number of aromatic nitrogens is 1. The van der Waals surface area contributed by atoms with Crippen LogP contribution in [0.5, 0.6) is 0 Å². The second-order valence-electron chi connectivity index (χ2n) is 3.73. The molecular formula is C12H14F2N2O4S. The number of sulfonamides is 1. The first kappa shape index (κ1) is 17.5. The summed E-state index contributed by atoms with van der Waals surface area (Å²) in [6, 6.07) is 1.29. The molecule has 0 radical (unpaired) electrons. The summed E-state index contributed by atoms with van der Waals surface area (Å²) in [7, 11) is -3.82. The average molecular weight is 320 g/mol. The van der Waals surface area contributed by atoms with Crippen molar-refractivity contribution in [1.29, 1.82) is 0 Å². The molecule has 9 heteroatoms. The van der Waals surface area contributed by atoms with Gasteiger partial charge in [0.15, 0.2) is 0 Å². The predicted octanol–water partition coefficient (Wildman–Crippen LogP) is -0.0146. The molecule has 0 amide bonds. The molecule has 1 rings (SSSR count). The molecule has 1 aromatic rings. The van der Waals surface area contributed by atoms with Crippen molar-refractivity contribution in [2.75, 3.05) is 26.4 Å². The minimum Gasteiger partial charge on any atom is -0.384 e. The highest BCUT2D eigenvalue weighted by molar-refractivity contribution is 7.89. The number of rotatable bonds is 7. The van der Waals surface area contributed by atoms with E-state index in [0.29, 0.717) is 5.56 Å². The molecule has 1 heterocycles. The fourth-order valence-electron chi connectivity index (χ4n) is 1.28. The molecule has 0 saturated carbocycles. The van der Waals surface area contributed by atoms with Crippen LogP contribution in [0.25, 0.3) is 0 Å². The number of pyridine rings is 1. The Labute approximate surface area is 121 Å². The van der Waals surface area contributed by atoms with E-state index in [0.717, 1.165) is 6.20 Å². The van der Waals surface area contributed by atoms with Crippen molar-refractivity contribution in [3.8, 4) is 11.8 Å². The van der Waals surface area contributed by atoms with Crippen molar-refractivity contribution >= 4 is 10.0 Å². The fraction of sp³-hybridized carbons (Fsp3) is 0.417. The summed E-state index contributed by atoms with van der Waals surface area (Å²) < 4.78 is 54.2. The molecule has 0 saturated heterocycles. The van der Waals surface area contributed by atoms with E-state index in [2.05, 4.69) is 26.3 Å². The van der Waals surface area contributed by atoms with E-state index >= 15 is 0 Å².